The fourth-order valence-electron chi connectivity index (χ4n) is 5.16. The monoisotopic (exact) mass is 541 g/mol. The number of rotatable bonds is 3. The van der Waals surface area contributed by atoms with Gasteiger partial charge in [0.15, 0.2) is 4.20 Å². The zero-order chi connectivity index (χ0) is 26.9. The number of carbonyl (C=O) groups is 2. The Bertz CT molecular complexity index is 881. The molecule has 0 radical (unpaired) electrons. The van der Waals surface area contributed by atoms with Crippen LogP contribution >= 0.6 is 23.5 Å². The van der Waals surface area contributed by atoms with Gasteiger partial charge in [0.2, 0.25) is 0 Å². The third-order valence-corrected chi connectivity index (χ3v) is 10.6. The summed E-state index contributed by atoms with van der Waals surface area (Å²) in [7, 11) is 0. The van der Waals surface area contributed by atoms with Crippen LogP contribution in [-0.4, -0.2) is 69.4 Å². The normalized spacial score (nSPS) is 42.6. The van der Waals surface area contributed by atoms with Crippen molar-refractivity contribution in [2.24, 2.45) is 23.2 Å². The van der Waals surface area contributed by atoms with Crippen LogP contribution in [0.1, 0.15) is 60.8 Å². The van der Waals surface area contributed by atoms with E-state index in [1.165, 1.54) is 0 Å². The summed E-state index contributed by atoms with van der Waals surface area (Å²) in [5, 5.41) is 27.2. The van der Waals surface area contributed by atoms with E-state index in [-0.39, 0.29) is 46.6 Å². The minimum Gasteiger partial charge on any atom is -0.392 e. The van der Waals surface area contributed by atoms with Crippen LogP contribution in [0.15, 0.2) is 23.3 Å². The van der Waals surface area contributed by atoms with Gasteiger partial charge in [-0.1, -0.05) is 45.0 Å². The zero-order valence-corrected chi connectivity index (χ0v) is 24.2. The van der Waals surface area contributed by atoms with Gasteiger partial charge < -0.3 is 25.0 Å². The number of aliphatic hydroxyl groups excluding tert-OH is 2. The van der Waals surface area contributed by atoms with E-state index in [1.807, 2.05) is 31.7 Å². The lowest BCUT2D eigenvalue weighted by atomic mass is 9.72. The second-order valence-corrected chi connectivity index (χ2v) is 14.0. The van der Waals surface area contributed by atoms with Gasteiger partial charge in [0.25, 0.3) is 0 Å². The van der Waals surface area contributed by atoms with Gasteiger partial charge in [0, 0.05) is 30.9 Å². The average Bonchev–Trinajstić information content (AvgIpc) is 3.22. The number of Topliss-reactive ketones (excluding diaryl/α,β-unsaturated/α-hetero) is 2. The van der Waals surface area contributed by atoms with Crippen molar-refractivity contribution in [1.82, 2.24) is 5.32 Å². The number of hydrogen-bond donors (Lipinski definition) is 3. The molecule has 3 heterocycles. The molecule has 8 atom stereocenters. The minimum absolute atomic E-state index is 0.0406. The fourth-order valence-corrected chi connectivity index (χ4v) is 6.93. The molecule has 2 saturated heterocycles. The lowest BCUT2D eigenvalue weighted by Crippen LogP contribution is -2.46. The molecule has 0 saturated carbocycles. The van der Waals surface area contributed by atoms with Crippen molar-refractivity contribution in [2.75, 3.05) is 19.5 Å². The molecule has 2 fully saturated rings. The molecular formula is C27H43NO6S2. The molecule has 0 spiro atoms. The number of ether oxygens (including phenoxy) is 2. The van der Waals surface area contributed by atoms with Crippen molar-refractivity contribution in [2.45, 2.75) is 88.9 Å². The average molecular weight is 542 g/mol. The highest BCUT2D eigenvalue weighted by atomic mass is 32.2. The first-order valence-electron chi connectivity index (χ1n) is 12.8. The molecule has 0 aromatic rings. The first-order valence-corrected chi connectivity index (χ1v) is 14.9. The Hall–Kier alpha value is -0.840. The maximum absolute atomic E-state index is 13.3. The fraction of sp³-hybridized carbons (Fsp3) is 0.778. The van der Waals surface area contributed by atoms with Crippen molar-refractivity contribution in [3.63, 3.8) is 0 Å². The largest absolute Gasteiger partial charge is 0.392 e. The first-order chi connectivity index (χ1) is 16.7. The Kier molecular flexibility index (Phi) is 9.49. The topological polar surface area (TPSA) is 108 Å². The summed E-state index contributed by atoms with van der Waals surface area (Å²) in [5.74, 6) is -1.36. The highest BCUT2D eigenvalue weighted by Gasteiger charge is 2.53. The Labute approximate surface area is 224 Å². The summed E-state index contributed by atoms with van der Waals surface area (Å²) >= 11 is 3.38. The Balaban J connectivity index is 1.86. The second-order valence-electron chi connectivity index (χ2n) is 11.5. The van der Waals surface area contributed by atoms with E-state index in [1.54, 1.807) is 44.3 Å². The van der Waals surface area contributed by atoms with Crippen LogP contribution in [-0.2, 0) is 19.1 Å². The van der Waals surface area contributed by atoms with E-state index in [0.717, 1.165) is 5.57 Å². The van der Waals surface area contributed by atoms with Crippen molar-refractivity contribution in [1.29, 1.82) is 0 Å². The molecule has 0 aromatic heterocycles. The van der Waals surface area contributed by atoms with Crippen molar-refractivity contribution >= 4 is 35.1 Å². The molecule has 3 N–H and O–H groups in total. The maximum Gasteiger partial charge on any atom is 0.153 e. The summed E-state index contributed by atoms with van der Waals surface area (Å²) < 4.78 is 11.7. The first kappa shape index (κ1) is 29.7. The molecule has 9 heteroatoms. The highest BCUT2D eigenvalue weighted by molar-refractivity contribution is 8.19. The molecule has 0 amide bonds. The number of allylic oxidation sites excluding steroid dienone is 1. The molecule has 8 unspecified atom stereocenters. The van der Waals surface area contributed by atoms with Gasteiger partial charge in [-0.05, 0) is 43.9 Å². The Morgan fingerprint density at radius 2 is 1.92 bits per heavy atom. The van der Waals surface area contributed by atoms with Gasteiger partial charge in [-0.2, -0.15) is 0 Å². The van der Waals surface area contributed by atoms with Crippen LogP contribution in [0.3, 0.4) is 0 Å². The van der Waals surface area contributed by atoms with Crippen LogP contribution in [0.5, 0.6) is 0 Å². The molecule has 0 bridgehead atoms. The SMILES string of the molecule is CSC1(/C=C(\C)C2CC(=O)CC(O)C(C)(C)C(=O)C(C)C(O)C(C)COCC3(C)OC3C2)NC=CS1. The quantitative estimate of drug-likeness (QED) is 0.362. The number of ketones is 2. The summed E-state index contributed by atoms with van der Waals surface area (Å²) in [6.45, 7) is 11.6. The predicted octanol–water partition coefficient (Wildman–Crippen LogP) is 3.89. The maximum atomic E-state index is 13.3. The summed E-state index contributed by atoms with van der Waals surface area (Å²) in [5.41, 5.74) is -0.507. The van der Waals surface area contributed by atoms with E-state index >= 15 is 0 Å². The number of hydrogen-bond acceptors (Lipinski definition) is 9. The van der Waals surface area contributed by atoms with E-state index in [2.05, 4.69) is 18.3 Å². The van der Waals surface area contributed by atoms with Crippen molar-refractivity contribution in [3.05, 3.63) is 23.3 Å². The summed E-state index contributed by atoms with van der Waals surface area (Å²) in [6, 6.07) is 0. The number of carbonyl (C=O) groups excluding carboxylic acids is 2. The Morgan fingerprint density at radius 3 is 2.53 bits per heavy atom. The van der Waals surface area contributed by atoms with Gasteiger partial charge >= 0.3 is 0 Å². The number of thioether (sulfide) groups is 2. The van der Waals surface area contributed by atoms with E-state index in [9.17, 15) is 19.8 Å². The minimum atomic E-state index is -1.16. The van der Waals surface area contributed by atoms with Crippen LogP contribution in [0.25, 0.3) is 0 Å². The van der Waals surface area contributed by atoms with Crippen LogP contribution in [0, 0.1) is 23.2 Å². The molecule has 3 aliphatic rings. The van der Waals surface area contributed by atoms with Crippen molar-refractivity contribution in [3.8, 4) is 0 Å². The number of nitrogens with one attached hydrogen (secondary N) is 1. The van der Waals surface area contributed by atoms with Crippen LogP contribution < -0.4 is 5.32 Å². The van der Waals surface area contributed by atoms with Crippen molar-refractivity contribution < 1.29 is 29.3 Å². The third-order valence-electron chi connectivity index (χ3n) is 8.14. The number of epoxide rings is 1. The zero-order valence-electron chi connectivity index (χ0n) is 22.6. The molecule has 204 valence electrons. The number of aliphatic hydroxyl groups is 2. The van der Waals surface area contributed by atoms with Crippen LogP contribution in [0.4, 0.5) is 0 Å². The second kappa shape index (κ2) is 11.5. The van der Waals surface area contributed by atoms with Gasteiger partial charge in [-0.25, -0.2) is 0 Å². The van der Waals surface area contributed by atoms with Gasteiger partial charge in [-0.15, -0.1) is 11.8 Å². The third kappa shape index (κ3) is 6.59. The molecule has 0 aliphatic carbocycles. The van der Waals surface area contributed by atoms with E-state index in [4.69, 9.17) is 9.47 Å². The van der Waals surface area contributed by atoms with Gasteiger partial charge in [-0.3, -0.25) is 9.59 Å². The molecule has 7 nitrogen and oxygen atoms in total. The highest BCUT2D eigenvalue weighted by Crippen LogP contribution is 2.45. The van der Waals surface area contributed by atoms with E-state index in [0.29, 0.717) is 19.6 Å². The van der Waals surface area contributed by atoms with E-state index < -0.39 is 29.1 Å². The van der Waals surface area contributed by atoms with Gasteiger partial charge in [0.05, 0.1) is 36.9 Å². The smallest absolute Gasteiger partial charge is 0.153 e. The molecule has 36 heavy (non-hydrogen) atoms. The molecule has 0 aromatic carbocycles. The molecular weight excluding hydrogens is 498 g/mol. The number of fused-ring (bicyclic) bond motifs is 1. The predicted molar refractivity (Wildman–Crippen MR) is 145 cm³/mol. The van der Waals surface area contributed by atoms with Crippen LogP contribution in [0.2, 0.25) is 0 Å². The summed E-state index contributed by atoms with van der Waals surface area (Å²) in [6.07, 6.45) is 4.92. The lowest BCUT2D eigenvalue weighted by Gasteiger charge is -2.34. The van der Waals surface area contributed by atoms with Gasteiger partial charge in [0.1, 0.15) is 17.2 Å². The molecule has 3 rings (SSSR count). The lowest BCUT2D eigenvalue weighted by molar-refractivity contribution is -0.143. The standard InChI is InChI=1S/C27H43NO6S2/c1-16(13-27(35-7)28-8-9-36-27)19-10-20(29)12-21(30)25(4,5)24(32)18(3)23(31)17(2)14-33-15-26(6)22(11-19)34-26/h8-9,13,17-19,21-23,28,30-31H,10-12,14-15H2,1-7H3/b16-13+. The Morgan fingerprint density at radius 1 is 1.22 bits per heavy atom. The summed E-state index contributed by atoms with van der Waals surface area (Å²) in [4.78, 5) is 26.5. The molecule has 3 aliphatic heterocycles.